The van der Waals surface area contributed by atoms with Crippen molar-refractivity contribution in [2.45, 2.75) is 19.6 Å². The predicted molar refractivity (Wildman–Crippen MR) is 97.6 cm³/mol. The van der Waals surface area contributed by atoms with E-state index in [1.165, 1.54) is 25.1 Å². The van der Waals surface area contributed by atoms with Crippen molar-refractivity contribution in [1.29, 1.82) is 0 Å². The third-order valence-electron chi connectivity index (χ3n) is 3.63. The van der Waals surface area contributed by atoms with Crippen LogP contribution in [0.2, 0.25) is 0 Å². The number of hydrogen-bond donors (Lipinski definition) is 1. The van der Waals surface area contributed by atoms with E-state index in [-0.39, 0.29) is 17.9 Å². The van der Waals surface area contributed by atoms with E-state index in [4.69, 9.17) is 9.47 Å². The minimum absolute atomic E-state index is 0.0414. The van der Waals surface area contributed by atoms with E-state index in [0.29, 0.717) is 0 Å². The van der Waals surface area contributed by atoms with Gasteiger partial charge in [-0.3, -0.25) is 14.9 Å². The molecule has 1 amide bonds. The normalized spacial score (nSPS) is 11.2. The van der Waals surface area contributed by atoms with Gasteiger partial charge in [0.05, 0.1) is 4.92 Å². The molecule has 0 unspecified atom stereocenters. The molecule has 0 bridgehead atoms. The first kappa shape index (κ1) is 20.6. The number of nitro benzene ring substituents is 1. The molecule has 0 fully saturated rings. The van der Waals surface area contributed by atoms with E-state index < -0.39 is 35.4 Å². The number of ether oxygens (including phenoxy) is 2. The first-order valence-electron chi connectivity index (χ1n) is 8.28. The lowest BCUT2D eigenvalue weighted by molar-refractivity contribution is -0.384. The van der Waals surface area contributed by atoms with Gasteiger partial charge in [-0.05, 0) is 12.5 Å². The Hall–Kier alpha value is -3.75. The quantitative estimate of drug-likeness (QED) is 0.320. The number of alkyl carbamates (subject to hydrolysis) is 1. The fourth-order valence-electron chi connectivity index (χ4n) is 2.14. The van der Waals surface area contributed by atoms with Gasteiger partial charge in [-0.25, -0.2) is 9.59 Å². The summed E-state index contributed by atoms with van der Waals surface area (Å²) in [6.45, 7) is 0.814. The SMILES string of the molecule is C[C@H](NC(=O)OCc1ccccc1)C(=O)OCC(=O)c1cccc([N+](=O)[O-])c1. The van der Waals surface area contributed by atoms with Crippen molar-refractivity contribution in [3.63, 3.8) is 0 Å². The highest BCUT2D eigenvalue weighted by molar-refractivity contribution is 5.98. The summed E-state index contributed by atoms with van der Waals surface area (Å²) >= 11 is 0. The van der Waals surface area contributed by atoms with Crippen LogP contribution in [0.4, 0.5) is 10.5 Å². The van der Waals surface area contributed by atoms with Gasteiger partial charge in [0, 0.05) is 17.7 Å². The maximum Gasteiger partial charge on any atom is 0.408 e. The molecule has 0 aliphatic heterocycles. The van der Waals surface area contributed by atoms with Gasteiger partial charge in [-0.1, -0.05) is 42.5 Å². The van der Waals surface area contributed by atoms with Crippen LogP contribution in [0.15, 0.2) is 54.6 Å². The van der Waals surface area contributed by atoms with Gasteiger partial charge in [0.15, 0.2) is 6.61 Å². The number of nitrogens with one attached hydrogen (secondary N) is 1. The Bertz CT molecular complexity index is 868. The molecule has 0 saturated carbocycles. The maximum absolute atomic E-state index is 12.0. The molecule has 0 spiro atoms. The molecule has 1 atom stereocenters. The highest BCUT2D eigenvalue weighted by Gasteiger charge is 2.20. The summed E-state index contributed by atoms with van der Waals surface area (Å²) in [4.78, 5) is 45.8. The molecule has 0 aliphatic carbocycles. The van der Waals surface area contributed by atoms with Crippen LogP contribution in [0, 0.1) is 10.1 Å². The number of nitro groups is 1. The van der Waals surface area contributed by atoms with Crippen molar-refractivity contribution < 1.29 is 28.8 Å². The zero-order valence-electron chi connectivity index (χ0n) is 15.0. The van der Waals surface area contributed by atoms with Crippen LogP contribution in [0.25, 0.3) is 0 Å². The van der Waals surface area contributed by atoms with E-state index in [1.807, 2.05) is 6.07 Å². The first-order valence-corrected chi connectivity index (χ1v) is 8.28. The number of Topliss-reactive ketones (excluding diaryl/α,β-unsaturated/α-hetero) is 1. The Morgan fingerprint density at radius 2 is 1.79 bits per heavy atom. The monoisotopic (exact) mass is 386 g/mol. The van der Waals surface area contributed by atoms with Crippen molar-refractivity contribution >= 4 is 23.5 Å². The standard InChI is InChI=1S/C19H18N2O7/c1-13(20-19(24)28-11-14-6-3-2-4-7-14)18(23)27-12-17(22)15-8-5-9-16(10-15)21(25)26/h2-10,13H,11-12H2,1H3,(H,20,24)/t13-/m0/s1. The summed E-state index contributed by atoms with van der Waals surface area (Å²) in [6, 6.07) is 13.0. The molecule has 0 aromatic heterocycles. The number of nitrogens with zero attached hydrogens (tertiary/aromatic N) is 1. The molecule has 2 aromatic carbocycles. The van der Waals surface area contributed by atoms with Crippen molar-refractivity contribution in [3.05, 3.63) is 75.8 Å². The number of hydrogen-bond acceptors (Lipinski definition) is 7. The average Bonchev–Trinajstić information content (AvgIpc) is 2.71. The molecule has 0 heterocycles. The van der Waals surface area contributed by atoms with E-state index in [2.05, 4.69) is 5.32 Å². The fourth-order valence-corrected chi connectivity index (χ4v) is 2.14. The van der Waals surface area contributed by atoms with Crippen molar-refractivity contribution in [1.82, 2.24) is 5.32 Å². The molecule has 2 aromatic rings. The van der Waals surface area contributed by atoms with Crippen LogP contribution in [-0.4, -0.2) is 35.4 Å². The van der Waals surface area contributed by atoms with Crippen molar-refractivity contribution in [2.75, 3.05) is 6.61 Å². The molecular formula is C19H18N2O7. The van der Waals surface area contributed by atoms with Gasteiger partial charge in [0.1, 0.15) is 12.6 Å². The zero-order chi connectivity index (χ0) is 20.5. The molecule has 146 valence electrons. The second-order valence-electron chi connectivity index (χ2n) is 5.77. The third-order valence-corrected chi connectivity index (χ3v) is 3.63. The largest absolute Gasteiger partial charge is 0.456 e. The lowest BCUT2D eigenvalue weighted by atomic mass is 10.1. The molecule has 28 heavy (non-hydrogen) atoms. The molecule has 9 nitrogen and oxygen atoms in total. The fraction of sp³-hybridized carbons (Fsp3) is 0.211. The summed E-state index contributed by atoms with van der Waals surface area (Å²) in [6.07, 6.45) is -0.807. The van der Waals surface area contributed by atoms with Crippen molar-refractivity contribution in [2.24, 2.45) is 0 Å². The number of rotatable bonds is 8. The zero-order valence-corrected chi connectivity index (χ0v) is 15.0. The number of carbonyl (C=O) groups is 3. The van der Waals surface area contributed by atoms with Gasteiger partial charge in [0.25, 0.3) is 5.69 Å². The number of ketones is 1. The highest BCUT2D eigenvalue weighted by Crippen LogP contribution is 2.13. The molecule has 0 aliphatic rings. The number of amides is 1. The highest BCUT2D eigenvalue weighted by atomic mass is 16.6. The van der Waals surface area contributed by atoms with Crippen LogP contribution in [0.5, 0.6) is 0 Å². The van der Waals surface area contributed by atoms with Crippen LogP contribution in [0.1, 0.15) is 22.8 Å². The summed E-state index contributed by atoms with van der Waals surface area (Å²) in [5, 5.41) is 13.0. The smallest absolute Gasteiger partial charge is 0.408 e. The first-order chi connectivity index (χ1) is 13.4. The minimum atomic E-state index is -1.04. The number of benzene rings is 2. The Morgan fingerprint density at radius 3 is 2.46 bits per heavy atom. The van der Waals surface area contributed by atoms with Gasteiger partial charge in [-0.2, -0.15) is 0 Å². The Labute approximate surface area is 160 Å². The lowest BCUT2D eigenvalue weighted by Crippen LogP contribution is -2.40. The number of carbonyl (C=O) groups excluding carboxylic acids is 3. The second-order valence-corrected chi connectivity index (χ2v) is 5.77. The van der Waals surface area contributed by atoms with Crippen molar-refractivity contribution in [3.8, 4) is 0 Å². The lowest BCUT2D eigenvalue weighted by Gasteiger charge is -2.13. The average molecular weight is 386 g/mol. The molecule has 0 radical (unpaired) electrons. The molecule has 0 saturated heterocycles. The third kappa shape index (κ3) is 6.20. The molecule has 2 rings (SSSR count). The summed E-state index contributed by atoms with van der Waals surface area (Å²) in [7, 11) is 0. The van der Waals surface area contributed by atoms with E-state index in [9.17, 15) is 24.5 Å². The Morgan fingerprint density at radius 1 is 1.07 bits per heavy atom. The summed E-state index contributed by atoms with van der Waals surface area (Å²) < 4.78 is 9.85. The topological polar surface area (TPSA) is 125 Å². The molecule has 1 N–H and O–H groups in total. The second kappa shape index (κ2) is 9.81. The van der Waals surface area contributed by atoms with Gasteiger partial charge >= 0.3 is 12.1 Å². The van der Waals surface area contributed by atoms with E-state index in [0.717, 1.165) is 11.6 Å². The van der Waals surface area contributed by atoms with Crippen LogP contribution in [-0.2, 0) is 20.9 Å². The van der Waals surface area contributed by atoms with E-state index in [1.54, 1.807) is 24.3 Å². The van der Waals surface area contributed by atoms with Gasteiger partial charge in [-0.15, -0.1) is 0 Å². The molecule has 9 heteroatoms. The predicted octanol–water partition coefficient (Wildman–Crippen LogP) is 2.64. The van der Waals surface area contributed by atoms with Crippen LogP contribution < -0.4 is 5.32 Å². The summed E-state index contributed by atoms with van der Waals surface area (Å²) in [5.74, 6) is -1.44. The van der Waals surface area contributed by atoms with Gasteiger partial charge in [0.2, 0.25) is 5.78 Å². The van der Waals surface area contributed by atoms with E-state index >= 15 is 0 Å². The Balaban J connectivity index is 1.78. The van der Waals surface area contributed by atoms with Crippen LogP contribution in [0.3, 0.4) is 0 Å². The van der Waals surface area contributed by atoms with Gasteiger partial charge < -0.3 is 14.8 Å². The number of esters is 1. The number of non-ortho nitro benzene ring substituents is 1. The van der Waals surface area contributed by atoms with Crippen LogP contribution >= 0.6 is 0 Å². The Kier molecular flexibility index (Phi) is 7.21. The maximum atomic E-state index is 12.0. The minimum Gasteiger partial charge on any atom is -0.456 e. The molecular weight excluding hydrogens is 368 g/mol. The summed E-state index contributed by atoms with van der Waals surface area (Å²) in [5.41, 5.74) is 0.591.